The van der Waals surface area contributed by atoms with Gasteiger partial charge in [0, 0.05) is 30.3 Å². The molecule has 4 aromatic carbocycles. The van der Waals surface area contributed by atoms with Crippen molar-refractivity contribution >= 4 is 54.4 Å². The first-order valence-corrected chi connectivity index (χ1v) is 14.9. The van der Waals surface area contributed by atoms with Gasteiger partial charge in [-0.3, -0.25) is 49.8 Å². The molecule has 0 heterocycles. The number of hydrogen-bond donors (Lipinski definition) is 4. The molecule has 0 saturated heterocycles. The number of non-ortho nitro benzene ring substituents is 2. The highest BCUT2D eigenvalue weighted by Crippen LogP contribution is 2.29. The molecule has 236 valence electrons. The Bertz CT molecular complexity index is 2350. The Balaban J connectivity index is 1.85. The third-order valence-electron chi connectivity index (χ3n) is 5.70. The summed E-state index contributed by atoms with van der Waals surface area (Å²) in [4.78, 5) is 45.3. The van der Waals surface area contributed by atoms with Crippen LogP contribution in [-0.4, -0.2) is 35.8 Å². The first-order valence-electron chi connectivity index (χ1n) is 12.0. The second kappa shape index (κ2) is 12.9. The molecule has 0 fully saturated rings. The number of azo groups is 1. The Labute approximate surface area is 255 Å². The van der Waals surface area contributed by atoms with Crippen molar-refractivity contribution in [2.75, 3.05) is 10.9 Å². The van der Waals surface area contributed by atoms with Crippen molar-refractivity contribution in [1.82, 2.24) is 0 Å². The van der Waals surface area contributed by atoms with Crippen LogP contribution in [0.1, 0.15) is 0 Å². The smallest absolute Gasteiger partial charge is 0.285 e. The van der Waals surface area contributed by atoms with Crippen LogP contribution in [-0.2, 0) is 20.2 Å². The van der Waals surface area contributed by atoms with E-state index < -0.39 is 78.5 Å². The van der Waals surface area contributed by atoms with Crippen LogP contribution in [0.5, 0.6) is 0 Å². The maximum absolute atomic E-state index is 13.2. The summed E-state index contributed by atoms with van der Waals surface area (Å²) in [5.74, 6) is 0. The van der Waals surface area contributed by atoms with E-state index in [2.05, 4.69) is 31.3 Å². The molecular weight excluding hydrogens is 656 g/mol. The number of benzene rings is 4. The van der Waals surface area contributed by atoms with Gasteiger partial charge in [-0.2, -0.15) is 27.0 Å². The summed E-state index contributed by atoms with van der Waals surface area (Å²) in [6, 6.07) is 12.2. The van der Waals surface area contributed by atoms with Gasteiger partial charge in [-0.05, 0) is 42.5 Å². The highest BCUT2D eigenvalue weighted by atomic mass is 32.2. The van der Waals surface area contributed by atoms with Crippen LogP contribution in [0, 0.1) is 20.2 Å². The molecule has 4 N–H and O–H groups in total. The molecule has 0 aromatic heterocycles. The lowest BCUT2D eigenvalue weighted by Crippen LogP contribution is -2.48. The van der Waals surface area contributed by atoms with E-state index in [0.29, 0.717) is 6.07 Å². The molecule has 4 rings (SSSR count). The fourth-order valence-electron chi connectivity index (χ4n) is 3.48. The first kappa shape index (κ1) is 32.8. The number of nitro groups is 2. The Hall–Kier alpha value is -6.10. The predicted molar refractivity (Wildman–Crippen MR) is 156 cm³/mol. The Kier molecular flexibility index (Phi) is 9.18. The van der Waals surface area contributed by atoms with Crippen molar-refractivity contribution in [2.24, 2.45) is 20.4 Å². The average molecular weight is 673 g/mol. The minimum Gasteiger partial charge on any atom is -0.285 e. The number of hydrogen-bond acceptors (Lipinski definition) is 16. The van der Waals surface area contributed by atoms with Crippen LogP contribution < -0.4 is 32.4 Å². The molecule has 22 heteroatoms. The summed E-state index contributed by atoms with van der Waals surface area (Å²) >= 11 is 0. The Morgan fingerprint density at radius 3 is 1.70 bits per heavy atom. The van der Waals surface area contributed by atoms with E-state index in [1.54, 1.807) is 0 Å². The molecule has 46 heavy (non-hydrogen) atoms. The maximum atomic E-state index is 13.2. The second-order valence-corrected chi connectivity index (χ2v) is 11.6. The van der Waals surface area contributed by atoms with Crippen LogP contribution in [0.3, 0.4) is 0 Å². The van der Waals surface area contributed by atoms with Gasteiger partial charge in [0.2, 0.25) is 10.9 Å². The van der Waals surface area contributed by atoms with E-state index in [9.17, 15) is 51.2 Å². The molecule has 20 nitrogen and oxygen atoms in total. The Morgan fingerprint density at radius 2 is 1.15 bits per heavy atom. The van der Waals surface area contributed by atoms with Gasteiger partial charge in [0.05, 0.1) is 26.1 Å². The zero-order chi connectivity index (χ0) is 33.8. The van der Waals surface area contributed by atoms with Crippen molar-refractivity contribution in [3.8, 4) is 0 Å². The monoisotopic (exact) mass is 672 g/mol. The number of nitrogens with zero attached hydrogens (tertiary/aromatic N) is 6. The van der Waals surface area contributed by atoms with E-state index >= 15 is 0 Å². The average Bonchev–Trinajstić information content (AvgIpc) is 2.99. The standard InChI is InChI=1S/C24H16N8O12S2/c33-23-19(28-25-14-3-8-17(9-4-14)45(39,40)41)12-20(24(34)22(23)30-26-13-1-5-15(6-2-13)31(35)36)29-27-18-10-7-16(32(37)38)11-21(18)46(42,43)44/h1-12,25-26H,(H,39,40,41)(H,42,43,44)/b28-19-,29-27?,30-22+. The normalized spacial score (nSPS) is 12.7. The van der Waals surface area contributed by atoms with Gasteiger partial charge in [0.15, 0.2) is 5.36 Å². The molecule has 4 aromatic rings. The van der Waals surface area contributed by atoms with Crippen molar-refractivity contribution in [1.29, 1.82) is 0 Å². The molecule has 0 aliphatic rings. The summed E-state index contributed by atoms with van der Waals surface area (Å²) in [7, 11) is -9.56. The van der Waals surface area contributed by atoms with Crippen LogP contribution in [0.25, 0.3) is 0 Å². The van der Waals surface area contributed by atoms with Crippen LogP contribution >= 0.6 is 0 Å². The number of anilines is 2. The summed E-state index contributed by atoms with van der Waals surface area (Å²) in [5, 5.41) is 35.5. The highest BCUT2D eigenvalue weighted by molar-refractivity contribution is 7.86. The molecule has 0 saturated carbocycles. The third-order valence-corrected chi connectivity index (χ3v) is 7.45. The predicted octanol–water partition coefficient (Wildman–Crippen LogP) is 1.86. The van der Waals surface area contributed by atoms with Gasteiger partial charge in [-0.15, -0.1) is 10.2 Å². The van der Waals surface area contributed by atoms with E-state index in [0.717, 1.165) is 42.5 Å². The molecule has 0 atom stereocenters. The summed E-state index contributed by atoms with van der Waals surface area (Å²) in [6.45, 7) is 0. The molecule has 0 aliphatic heterocycles. The van der Waals surface area contributed by atoms with Crippen LogP contribution in [0.4, 0.5) is 34.1 Å². The van der Waals surface area contributed by atoms with E-state index in [1.165, 1.54) is 24.3 Å². The Morgan fingerprint density at radius 1 is 0.630 bits per heavy atom. The molecule has 0 amide bonds. The minimum atomic E-state index is -5.07. The molecule has 0 radical (unpaired) electrons. The largest absolute Gasteiger partial charge is 0.297 e. The zero-order valence-corrected chi connectivity index (χ0v) is 24.0. The van der Waals surface area contributed by atoms with Crippen LogP contribution in [0.2, 0.25) is 0 Å². The second-order valence-electron chi connectivity index (χ2n) is 8.76. The molecular formula is C24H16N8O12S2. The van der Waals surface area contributed by atoms with E-state index in [-0.39, 0.29) is 17.1 Å². The summed E-state index contributed by atoms with van der Waals surface area (Å²) < 4.78 is 64.9. The van der Waals surface area contributed by atoms with Gasteiger partial charge in [0.1, 0.15) is 21.6 Å². The summed E-state index contributed by atoms with van der Waals surface area (Å²) in [5.41, 5.74) is 0.608. The number of nitro benzene ring substituents is 2. The van der Waals surface area contributed by atoms with Crippen molar-refractivity contribution in [3.63, 3.8) is 0 Å². The van der Waals surface area contributed by atoms with Gasteiger partial charge in [-0.1, -0.05) is 0 Å². The van der Waals surface area contributed by atoms with Crippen molar-refractivity contribution in [2.45, 2.75) is 9.79 Å². The van der Waals surface area contributed by atoms with E-state index in [4.69, 9.17) is 4.55 Å². The summed E-state index contributed by atoms with van der Waals surface area (Å²) in [6.07, 6.45) is 0. The lowest BCUT2D eigenvalue weighted by molar-refractivity contribution is -0.385. The SMILES string of the molecule is O=c1c(N=Nc2ccc([N+](=O)[O-])cc2S(=O)(=O)O)c/c(=N/Nc2ccc(S(=O)(=O)O)cc2)c(=O)/c1=N\Nc1ccc([N+](=O)[O-])cc1. The fourth-order valence-corrected chi connectivity index (χ4v) is 4.61. The maximum Gasteiger partial charge on any atom is 0.297 e. The number of nitrogens with one attached hydrogen (secondary N) is 2. The third kappa shape index (κ3) is 7.69. The molecule has 0 unspecified atom stereocenters. The first-order chi connectivity index (χ1) is 21.5. The number of rotatable bonds is 10. The highest BCUT2D eigenvalue weighted by Gasteiger charge is 2.21. The van der Waals surface area contributed by atoms with Gasteiger partial charge in [-0.25, -0.2) is 0 Å². The molecule has 0 aliphatic carbocycles. The van der Waals surface area contributed by atoms with Crippen LogP contribution in [0.15, 0.2) is 113 Å². The van der Waals surface area contributed by atoms with E-state index in [1.807, 2.05) is 0 Å². The lowest BCUT2D eigenvalue weighted by Gasteiger charge is -2.02. The lowest BCUT2D eigenvalue weighted by atomic mass is 10.2. The van der Waals surface area contributed by atoms with Gasteiger partial charge in [0.25, 0.3) is 31.6 Å². The minimum absolute atomic E-state index is 0.118. The molecule has 0 bridgehead atoms. The molecule has 0 spiro atoms. The topological polar surface area (TPSA) is 303 Å². The van der Waals surface area contributed by atoms with Gasteiger partial charge < -0.3 is 0 Å². The fraction of sp³-hybridized carbons (Fsp3) is 0. The van der Waals surface area contributed by atoms with Crippen molar-refractivity contribution in [3.05, 3.63) is 124 Å². The van der Waals surface area contributed by atoms with Gasteiger partial charge >= 0.3 is 0 Å². The quantitative estimate of drug-likeness (QED) is 0.0809. The van der Waals surface area contributed by atoms with Crippen molar-refractivity contribution < 1.29 is 35.8 Å². The zero-order valence-electron chi connectivity index (χ0n) is 22.4.